The molecule has 0 aliphatic carbocycles. The highest BCUT2D eigenvalue weighted by atomic mass is 32.2. The van der Waals surface area contributed by atoms with Crippen LogP contribution in [0.3, 0.4) is 0 Å². The number of aliphatic hydroxyl groups excluding tert-OH is 1. The van der Waals surface area contributed by atoms with Crippen molar-refractivity contribution >= 4 is 33.3 Å². The molecule has 3 aromatic rings. The van der Waals surface area contributed by atoms with Gasteiger partial charge < -0.3 is 10.4 Å². The van der Waals surface area contributed by atoms with Gasteiger partial charge in [0.2, 0.25) is 0 Å². The third-order valence-electron chi connectivity index (χ3n) is 5.18. The molecule has 0 aliphatic heterocycles. The Balaban J connectivity index is 2.05. The number of benzene rings is 2. The molecule has 0 atom stereocenters. The lowest BCUT2D eigenvalue weighted by atomic mass is 9.99. The highest BCUT2D eigenvalue weighted by Gasteiger charge is 2.25. The number of carbonyl (C=O) groups excluding carboxylic acids is 1. The molecular weight excluding hydrogens is 546 g/mol. The summed E-state index contributed by atoms with van der Waals surface area (Å²) < 4.78 is 87.9. The minimum absolute atomic E-state index is 0.0147. The van der Waals surface area contributed by atoms with Gasteiger partial charge in [0.1, 0.15) is 5.82 Å². The molecule has 15 heteroatoms. The zero-order chi connectivity index (χ0) is 28.7. The first kappa shape index (κ1) is 29.8. The molecule has 210 valence electrons. The smallest absolute Gasteiger partial charge is 0.300 e. The molecule has 1 heterocycles. The second kappa shape index (κ2) is 12.8. The van der Waals surface area contributed by atoms with Crippen LogP contribution in [0.5, 0.6) is 0 Å². The van der Waals surface area contributed by atoms with Gasteiger partial charge in [0.05, 0.1) is 30.2 Å². The van der Waals surface area contributed by atoms with Crippen molar-refractivity contribution in [2.75, 3.05) is 29.8 Å². The maximum absolute atomic E-state index is 15.3. The van der Waals surface area contributed by atoms with Gasteiger partial charge in [0.15, 0.2) is 23.3 Å². The third-order valence-corrected chi connectivity index (χ3v) is 6.32. The fraction of sp³-hybridized carbons (Fsp3) is 0.250. The number of halogens is 4. The first-order valence-electron chi connectivity index (χ1n) is 11.4. The van der Waals surface area contributed by atoms with Crippen LogP contribution in [0.15, 0.2) is 36.5 Å². The fourth-order valence-electron chi connectivity index (χ4n) is 3.43. The van der Waals surface area contributed by atoms with Gasteiger partial charge in [0, 0.05) is 19.2 Å². The summed E-state index contributed by atoms with van der Waals surface area (Å²) in [5.41, 5.74) is 0.253. The summed E-state index contributed by atoms with van der Waals surface area (Å²) in [6, 6.07) is 5.94. The van der Waals surface area contributed by atoms with E-state index in [0.717, 1.165) is 24.4 Å². The van der Waals surface area contributed by atoms with Gasteiger partial charge in [-0.3, -0.25) is 14.4 Å². The third kappa shape index (κ3) is 7.41. The number of hydrogen-bond donors (Lipinski definition) is 5. The molecule has 0 bridgehead atoms. The molecule has 0 unspecified atom stereocenters. The number of aryl methyl sites for hydroxylation is 1. The number of amides is 1. The Morgan fingerprint density at radius 3 is 2.46 bits per heavy atom. The Kier molecular flexibility index (Phi) is 9.80. The largest absolute Gasteiger partial charge is 0.394 e. The van der Waals surface area contributed by atoms with Gasteiger partial charge in [-0.25, -0.2) is 28.0 Å². The van der Waals surface area contributed by atoms with Crippen molar-refractivity contribution in [1.82, 2.24) is 15.2 Å². The summed E-state index contributed by atoms with van der Waals surface area (Å²) in [6.07, 6.45) is 0.437. The standard InChI is InChI=1S/C24H25F4N5O5S/c1-3-30-39(36,37)33-23-20(27)14(6-7-29-23)11-15-12-16(24(35)32-38-9-8-34)22(21(28)19(15)26)31-18-5-4-13(2)10-17(18)25/h4-7,10,12,30-31,34H,3,8-9,11H2,1-2H3,(H,29,33)(H,32,35). The number of nitrogens with one attached hydrogen (secondary N) is 4. The van der Waals surface area contributed by atoms with E-state index in [1.165, 1.54) is 19.1 Å². The quantitative estimate of drug-likeness (QED) is 0.128. The van der Waals surface area contributed by atoms with Crippen LogP contribution in [0.4, 0.5) is 34.8 Å². The maximum Gasteiger partial charge on any atom is 0.300 e. The summed E-state index contributed by atoms with van der Waals surface area (Å²) >= 11 is 0. The van der Waals surface area contributed by atoms with Crippen LogP contribution in [-0.2, 0) is 21.5 Å². The average molecular weight is 572 g/mol. The molecule has 1 amide bonds. The summed E-state index contributed by atoms with van der Waals surface area (Å²) in [5.74, 6) is -6.75. The van der Waals surface area contributed by atoms with E-state index >= 15 is 13.2 Å². The molecule has 39 heavy (non-hydrogen) atoms. The number of hydrogen-bond acceptors (Lipinski definition) is 7. The SMILES string of the molecule is CCNS(=O)(=O)Nc1nccc(Cc2cc(C(=O)NOCCO)c(Nc3ccc(C)cc3F)c(F)c2F)c1F. The zero-order valence-corrected chi connectivity index (χ0v) is 21.6. The Hall–Kier alpha value is -3.79. The molecule has 1 aromatic heterocycles. The molecule has 0 aliphatic rings. The minimum Gasteiger partial charge on any atom is -0.394 e. The number of aliphatic hydroxyl groups is 1. The average Bonchev–Trinajstić information content (AvgIpc) is 2.87. The molecular formula is C24H25F4N5O5S. The predicted octanol–water partition coefficient (Wildman–Crippen LogP) is 3.20. The van der Waals surface area contributed by atoms with Crippen LogP contribution >= 0.6 is 0 Å². The van der Waals surface area contributed by atoms with Gasteiger partial charge in [-0.05, 0) is 47.9 Å². The lowest BCUT2D eigenvalue weighted by molar-refractivity contribution is 0.0168. The molecule has 3 rings (SSSR count). The molecule has 0 saturated heterocycles. The molecule has 5 N–H and O–H groups in total. The molecule has 0 spiro atoms. The normalized spacial score (nSPS) is 11.4. The van der Waals surface area contributed by atoms with E-state index in [4.69, 9.17) is 9.94 Å². The van der Waals surface area contributed by atoms with Gasteiger partial charge in [-0.1, -0.05) is 13.0 Å². The molecule has 2 aromatic carbocycles. The van der Waals surface area contributed by atoms with Gasteiger partial charge >= 0.3 is 0 Å². The first-order chi connectivity index (χ1) is 18.5. The van der Waals surface area contributed by atoms with Gasteiger partial charge in [-0.15, -0.1) is 0 Å². The van der Waals surface area contributed by atoms with Crippen LogP contribution in [0.2, 0.25) is 0 Å². The van der Waals surface area contributed by atoms with E-state index in [1.807, 2.05) is 10.2 Å². The number of hydroxylamine groups is 1. The van der Waals surface area contributed by atoms with E-state index in [9.17, 15) is 17.6 Å². The Morgan fingerprint density at radius 1 is 1.05 bits per heavy atom. The summed E-state index contributed by atoms with van der Waals surface area (Å²) in [7, 11) is -4.14. The number of carbonyl (C=O) groups is 1. The van der Waals surface area contributed by atoms with E-state index in [-0.39, 0.29) is 24.4 Å². The van der Waals surface area contributed by atoms with Crippen LogP contribution in [0.25, 0.3) is 0 Å². The monoisotopic (exact) mass is 571 g/mol. The number of nitrogens with zero attached hydrogens (tertiary/aromatic N) is 1. The fourth-order valence-corrected chi connectivity index (χ4v) is 4.28. The van der Waals surface area contributed by atoms with Crippen molar-refractivity contribution in [3.05, 3.63) is 82.1 Å². The number of anilines is 3. The van der Waals surface area contributed by atoms with E-state index < -0.39 is 75.0 Å². The van der Waals surface area contributed by atoms with Crippen molar-refractivity contribution in [2.45, 2.75) is 20.3 Å². The van der Waals surface area contributed by atoms with Crippen molar-refractivity contribution < 1.29 is 40.7 Å². The van der Waals surface area contributed by atoms with Crippen molar-refractivity contribution in [3.63, 3.8) is 0 Å². The topological polar surface area (TPSA) is 142 Å². The van der Waals surface area contributed by atoms with E-state index in [0.29, 0.717) is 5.56 Å². The van der Waals surface area contributed by atoms with E-state index in [1.54, 1.807) is 6.92 Å². The second-order valence-electron chi connectivity index (χ2n) is 8.11. The van der Waals surface area contributed by atoms with Crippen LogP contribution in [0, 0.1) is 30.2 Å². The van der Waals surface area contributed by atoms with Crippen molar-refractivity contribution in [2.24, 2.45) is 0 Å². The van der Waals surface area contributed by atoms with Crippen molar-refractivity contribution in [1.29, 1.82) is 0 Å². The lowest BCUT2D eigenvalue weighted by Gasteiger charge is -2.17. The highest BCUT2D eigenvalue weighted by molar-refractivity contribution is 7.90. The highest BCUT2D eigenvalue weighted by Crippen LogP contribution is 2.32. The number of rotatable bonds is 12. The number of aromatic nitrogens is 1. The van der Waals surface area contributed by atoms with Crippen LogP contribution in [0.1, 0.15) is 34.0 Å². The van der Waals surface area contributed by atoms with Crippen molar-refractivity contribution in [3.8, 4) is 0 Å². The van der Waals surface area contributed by atoms with Gasteiger partial charge in [-0.2, -0.15) is 13.1 Å². The summed E-state index contributed by atoms with van der Waals surface area (Å²) in [5, 5.41) is 11.2. The number of pyridine rings is 1. The summed E-state index contributed by atoms with van der Waals surface area (Å²) in [6.45, 7) is 2.37. The van der Waals surface area contributed by atoms with Gasteiger partial charge in [0.25, 0.3) is 16.1 Å². The predicted molar refractivity (Wildman–Crippen MR) is 135 cm³/mol. The van der Waals surface area contributed by atoms with Crippen LogP contribution in [-0.4, -0.2) is 44.2 Å². The van der Waals surface area contributed by atoms with E-state index in [2.05, 4.69) is 15.0 Å². The second-order valence-corrected chi connectivity index (χ2v) is 9.61. The Labute approximate surface area is 221 Å². The molecule has 10 nitrogen and oxygen atoms in total. The lowest BCUT2D eigenvalue weighted by Crippen LogP contribution is -2.30. The maximum atomic E-state index is 15.3. The Bertz CT molecular complexity index is 1470. The first-order valence-corrected chi connectivity index (χ1v) is 12.9. The van der Waals surface area contributed by atoms with Crippen LogP contribution < -0.4 is 20.2 Å². The minimum atomic E-state index is -4.14. The Morgan fingerprint density at radius 2 is 1.79 bits per heavy atom. The summed E-state index contributed by atoms with van der Waals surface area (Å²) in [4.78, 5) is 21.2. The molecule has 0 saturated carbocycles. The molecule has 0 fully saturated rings. The molecule has 0 radical (unpaired) electrons. The zero-order valence-electron chi connectivity index (χ0n) is 20.7.